The molecule has 210 valence electrons. The normalized spacial score (nSPS) is 14.1. The number of para-hydroxylation sites is 2. The Kier molecular flexibility index (Phi) is 9.17. The molecule has 4 aromatic carbocycles. The number of ether oxygens (including phenoxy) is 2. The molecule has 6 nitrogen and oxygen atoms in total. The summed E-state index contributed by atoms with van der Waals surface area (Å²) >= 11 is 3.43. The van der Waals surface area contributed by atoms with Crippen molar-refractivity contribution in [3.05, 3.63) is 113 Å². The highest BCUT2D eigenvalue weighted by molar-refractivity contribution is 9.10. The van der Waals surface area contributed by atoms with Crippen molar-refractivity contribution >= 4 is 27.6 Å². The molecule has 1 saturated carbocycles. The summed E-state index contributed by atoms with van der Waals surface area (Å²) in [5.74, 6) is 1.59. The van der Waals surface area contributed by atoms with Gasteiger partial charge in [0.05, 0.1) is 18.2 Å². The molecule has 41 heavy (non-hydrogen) atoms. The summed E-state index contributed by atoms with van der Waals surface area (Å²) in [4.78, 5) is 26.3. The van der Waals surface area contributed by atoms with Crippen LogP contribution in [-0.2, 0) is 11.2 Å². The molecular weight excluding hydrogens is 582 g/mol. The number of ketones is 1. The first-order valence-electron chi connectivity index (χ1n) is 13.7. The van der Waals surface area contributed by atoms with Gasteiger partial charge in [-0.1, -0.05) is 76.6 Å². The van der Waals surface area contributed by atoms with Crippen molar-refractivity contribution in [1.29, 1.82) is 0 Å². The minimum absolute atomic E-state index is 0.226. The third kappa shape index (κ3) is 7.63. The van der Waals surface area contributed by atoms with Gasteiger partial charge < -0.3 is 19.9 Å². The molecule has 0 spiro atoms. The first-order chi connectivity index (χ1) is 19.9. The molecule has 5 rings (SSSR count). The molecule has 1 unspecified atom stereocenters. The lowest BCUT2D eigenvalue weighted by Crippen LogP contribution is -2.46. The van der Waals surface area contributed by atoms with Gasteiger partial charge in [0.15, 0.2) is 5.78 Å². The lowest BCUT2D eigenvalue weighted by atomic mass is 9.96. The summed E-state index contributed by atoms with van der Waals surface area (Å²) in [7, 11) is 0. The average molecular weight is 615 g/mol. The van der Waals surface area contributed by atoms with E-state index in [9.17, 15) is 14.7 Å². The number of aliphatic hydroxyl groups excluding tert-OH is 1. The molecule has 1 aliphatic rings. The average Bonchev–Trinajstić information content (AvgIpc) is 3.82. The number of hydrogen-bond donors (Lipinski definition) is 2. The molecule has 1 fully saturated rings. The molecule has 0 radical (unpaired) electrons. The van der Waals surface area contributed by atoms with Crippen LogP contribution in [0.5, 0.6) is 17.2 Å². The van der Waals surface area contributed by atoms with Crippen molar-refractivity contribution in [3.63, 3.8) is 0 Å². The Morgan fingerprint density at radius 1 is 0.927 bits per heavy atom. The van der Waals surface area contributed by atoms with Gasteiger partial charge >= 0.3 is 0 Å². The van der Waals surface area contributed by atoms with E-state index < -0.39 is 23.8 Å². The molecule has 7 heteroatoms. The summed E-state index contributed by atoms with van der Waals surface area (Å²) in [5.41, 5.74) is 3.07. The maximum absolute atomic E-state index is 13.4. The van der Waals surface area contributed by atoms with E-state index in [1.165, 1.54) is 6.92 Å². The zero-order valence-electron chi connectivity index (χ0n) is 22.8. The summed E-state index contributed by atoms with van der Waals surface area (Å²) in [6.07, 6.45) is 1.26. The van der Waals surface area contributed by atoms with Crippen LogP contribution < -0.4 is 14.8 Å². The summed E-state index contributed by atoms with van der Waals surface area (Å²) in [5, 5.41) is 12.9. The van der Waals surface area contributed by atoms with Crippen LogP contribution in [0.25, 0.3) is 11.1 Å². The third-order valence-electron chi connectivity index (χ3n) is 6.98. The van der Waals surface area contributed by atoms with Gasteiger partial charge in [-0.25, -0.2) is 0 Å². The number of amides is 1. The number of halogens is 1. The van der Waals surface area contributed by atoms with Crippen molar-refractivity contribution in [2.24, 2.45) is 5.92 Å². The van der Waals surface area contributed by atoms with Crippen LogP contribution in [0.1, 0.15) is 35.7 Å². The van der Waals surface area contributed by atoms with Gasteiger partial charge in [-0.05, 0) is 79.6 Å². The van der Waals surface area contributed by atoms with Gasteiger partial charge in [-0.3, -0.25) is 9.59 Å². The van der Waals surface area contributed by atoms with E-state index in [2.05, 4.69) is 21.2 Å². The van der Waals surface area contributed by atoms with Crippen LogP contribution in [0.15, 0.2) is 102 Å². The standard InChI is InChI=1S/C34H32BrNO5/c1-22(37)33(38)30(36-34(39)29-20-26(35)17-18-31(29)40-21-24-11-12-24)19-23-13-15-25(16-14-23)28-9-5-6-10-32(28)41-27-7-3-2-4-8-27/h2-10,13-18,20,22,24,30,37H,11-12,19,21H2,1H3,(H,36,39)/t22?,30-/m0/s1. The number of Topliss-reactive ketones (excluding diaryl/α,β-unsaturated/α-hetero) is 1. The number of hydrogen-bond acceptors (Lipinski definition) is 5. The quantitative estimate of drug-likeness (QED) is 0.180. The van der Waals surface area contributed by atoms with E-state index in [1.54, 1.807) is 12.1 Å². The Morgan fingerprint density at radius 3 is 2.34 bits per heavy atom. The Hall–Kier alpha value is -3.94. The number of benzene rings is 4. The van der Waals surface area contributed by atoms with Gasteiger partial charge in [0.2, 0.25) is 0 Å². The zero-order chi connectivity index (χ0) is 28.8. The van der Waals surface area contributed by atoms with Gasteiger partial charge in [-0.15, -0.1) is 0 Å². The molecule has 0 aliphatic heterocycles. The zero-order valence-corrected chi connectivity index (χ0v) is 24.3. The number of carbonyl (C=O) groups excluding carboxylic acids is 2. The fraction of sp³-hybridized carbons (Fsp3) is 0.235. The largest absolute Gasteiger partial charge is 0.492 e. The first-order valence-corrected chi connectivity index (χ1v) is 14.5. The van der Waals surface area contributed by atoms with Crippen LogP contribution >= 0.6 is 15.9 Å². The minimum atomic E-state index is -1.23. The van der Waals surface area contributed by atoms with Crippen molar-refractivity contribution in [2.45, 2.75) is 38.3 Å². The lowest BCUT2D eigenvalue weighted by molar-refractivity contribution is -0.128. The maximum Gasteiger partial charge on any atom is 0.255 e. The van der Waals surface area contributed by atoms with Gasteiger partial charge in [-0.2, -0.15) is 0 Å². The van der Waals surface area contributed by atoms with Crippen molar-refractivity contribution in [2.75, 3.05) is 6.61 Å². The second kappa shape index (κ2) is 13.1. The van der Waals surface area contributed by atoms with Crippen LogP contribution in [0.3, 0.4) is 0 Å². The van der Waals surface area contributed by atoms with Crippen LogP contribution in [0.2, 0.25) is 0 Å². The highest BCUT2D eigenvalue weighted by Gasteiger charge is 2.27. The maximum atomic E-state index is 13.4. The van der Waals surface area contributed by atoms with Crippen molar-refractivity contribution in [1.82, 2.24) is 5.32 Å². The fourth-order valence-corrected chi connectivity index (χ4v) is 4.87. The molecule has 0 saturated heterocycles. The predicted octanol–water partition coefficient (Wildman–Crippen LogP) is 6.99. The van der Waals surface area contributed by atoms with E-state index in [-0.39, 0.29) is 6.42 Å². The minimum Gasteiger partial charge on any atom is -0.492 e. The van der Waals surface area contributed by atoms with Crippen molar-refractivity contribution in [3.8, 4) is 28.4 Å². The highest BCUT2D eigenvalue weighted by Crippen LogP contribution is 2.34. The number of aliphatic hydroxyl groups is 1. The Balaban J connectivity index is 1.33. The summed E-state index contributed by atoms with van der Waals surface area (Å²) in [6, 6.07) is 29.5. The molecule has 0 bridgehead atoms. The monoisotopic (exact) mass is 613 g/mol. The van der Waals surface area contributed by atoms with E-state index in [0.717, 1.165) is 45.5 Å². The molecule has 1 amide bonds. The number of rotatable bonds is 12. The highest BCUT2D eigenvalue weighted by atomic mass is 79.9. The molecular formula is C34H32BrNO5. The second-order valence-corrected chi connectivity index (χ2v) is 11.2. The Morgan fingerprint density at radius 2 is 1.63 bits per heavy atom. The third-order valence-corrected chi connectivity index (χ3v) is 7.47. The Bertz CT molecular complexity index is 1500. The lowest BCUT2D eigenvalue weighted by Gasteiger charge is -2.21. The van der Waals surface area contributed by atoms with Gasteiger partial charge in [0.1, 0.15) is 23.4 Å². The second-order valence-electron chi connectivity index (χ2n) is 10.3. The summed E-state index contributed by atoms with van der Waals surface area (Å²) < 4.78 is 12.8. The van der Waals surface area contributed by atoms with E-state index in [0.29, 0.717) is 23.8 Å². The van der Waals surface area contributed by atoms with E-state index in [1.807, 2.05) is 84.9 Å². The molecule has 1 aliphatic carbocycles. The molecule has 2 atom stereocenters. The fourth-order valence-electron chi connectivity index (χ4n) is 4.51. The topological polar surface area (TPSA) is 84.9 Å². The smallest absolute Gasteiger partial charge is 0.255 e. The van der Waals surface area contributed by atoms with Crippen LogP contribution in [0, 0.1) is 5.92 Å². The SMILES string of the molecule is CC(O)C(=O)[C@H](Cc1ccc(-c2ccccc2Oc2ccccc2)cc1)NC(=O)c1cc(Br)ccc1OCC1CC1. The van der Waals surface area contributed by atoms with Crippen molar-refractivity contribution < 1.29 is 24.2 Å². The number of carbonyl (C=O) groups is 2. The molecule has 0 heterocycles. The Labute approximate surface area is 248 Å². The van der Waals surface area contributed by atoms with Gasteiger partial charge in [0, 0.05) is 10.0 Å². The number of nitrogens with one attached hydrogen (secondary N) is 1. The first kappa shape index (κ1) is 28.6. The molecule has 4 aromatic rings. The molecule has 2 N–H and O–H groups in total. The van der Waals surface area contributed by atoms with E-state index in [4.69, 9.17) is 9.47 Å². The predicted molar refractivity (Wildman–Crippen MR) is 162 cm³/mol. The van der Waals surface area contributed by atoms with Gasteiger partial charge in [0.25, 0.3) is 5.91 Å². The van der Waals surface area contributed by atoms with Crippen LogP contribution in [0.4, 0.5) is 0 Å². The van der Waals surface area contributed by atoms with E-state index >= 15 is 0 Å². The summed E-state index contributed by atoms with van der Waals surface area (Å²) in [6.45, 7) is 1.97. The van der Waals surface area contributed by atoms with Crippen LogP contribution in [-0.4, -0.2) is 35.5 Å². The molecule has 0 aromatic heterocycles.